The number of pyridine rings is 1. The van der Waals surface area contributed by atoms with Gasteiger partial charge in [0, 0.05) is 25.7 Å². The van der Waals surface area contributed by atoms with Crippen LogP contribution in [0, 0.1) is 0 Å². The van der Waals surface area contributed by atoms with E-state index in [4.69, 9.17) is 16.3 Å². The van der Waals surface area contributed by atoms with Crippen molar-refractivity contribution >= 4 is 11.6 Å². The van der Waals surface area contributed by atoms with Crippen molar-refractivity contribution in [3.8, 4) is 0 Å². The minimum absolute atomic E-state index is 0.164. The topological polar surface area (TPSA) is 42.4 Å². The first-order chi connectivity index (χ1) is 7.86. The van der Waals surface area contributed by atoms with E-state index in [1.807, 2.05) is 0 Å². The summed E-state index contributed by atoms with van der Waals surface area (Å²) in [6, 6.07) is 1.91. The summed E-state index contributed by atoms with van der Waals surface area (Å²) in [7, 11) is 1.46. The van der Waals surface area contributed by atoms with Gasteiger partial charge in [-0.05, 0) is 6.07 Å². The number of ether oxygens (including phenoxy) is 1. The average molecular weight is 270 g/mol. The molecule has 1 aromatic rings. The lowest BCUT2D eigenvalue weighted by molar-refractivity contribution is -0.141. The molecule has 17 heavy (non-hydrogen) atoms. The van der Waals surface area contributed by atoms with Gasteiger partial charge in [-0.3, -0.25) is 0 Å². The molecule has 3 nitrogen and oxygen atoms in total. The van der Waals surface area contributed by atoms with Crippen molar-refractivity contribution in [3.63, 3.8) is 0 Å². The summed E-state index contributed by atoms with van der Waals surface area (Å²) in [5, 5.41) is 9.30. The van der Waals surface area contributed by atoms with Crippen LogP contribution in [0.1, 0.15) is 23.8 Å². The van der Waals surface area contributed by atoms with Gasteiger partial charge in [0.2, 0.25) is 0 Å². The third-order valence-electron chi connectivity index (χ3n) is 2.12. The van der Waals surface area contributed by atoms with E-state index in [9.17, 15) is 18.3 Å². The molecule has 1 unspecified atom stereocenters. The molecular weight excluding hydrogens is 259 g/mol. The third-order valence-corrected chi connectivity index (χ3v) is 2.43. The van der Waals surface area contributed by atoms with Crippen molar-refractivity contribution in [1.29, 1.82) is 0 Å². The smallest absolute Gasteiger partial charge is 0.388 e. The largest absolute Gasteiger partial charge is 0.433 e. The van der Waals surface area contributed by atoms with Gasteiger partial charge in [-0.1, -0.05) is 17.7 Å². The van der Waals surface area contributed by atoms with Crippen LogP contribution in [-0.2, 0) is 10.9 Å². The lowest BCUT2D eigenvalue weighted by Gasteiger charge is -2.13. The van der Waals surface area contributed by atoms with Crippen LogP contribution in [-0.4, -0.2) is 23.8 Å². The van der Waals surface area contributed by atoms with Crippen LogP contribution in [0.3, 0.4) is 0 Å². The number of nitrogens with zero attached hydrogens (tertiary/aromatic N) is 1. The highest BCUT2D eigenvalue weighted by Crippen LogP contribution is 2.31. The van der Waals surface area contributed by atoms with Gasteiger partial charge in [0.25, 0.3) is 0 Å². The molecule has 0 amide bonds. The zero-order valence-electron chi connectivity index (χ0n) is 8.96. The number of aliphatic hydroxyl groups is 1. The Morgan fingerprint density at radius 2 is 2.12 bits per heavy atom. The molecule has 0 saturated carbocycles. The van der Waals surface area contributed by atoms with E-state index in [2.05, 4.69) is 4.98 Å². The van der Waals surface area contributed by atoms with Crippen LogP contribution >= 0.6 is 11.6 Å². The minimum Gasteiger partial charge on any atom is -0.388 e. The van der Waals surface area contributed by atoms with E-state index in [-0.39, 0.29) is 23.7 Å². The Hall–Kier alpha value is -0.850. The van der Waals surface area contributed by atoms with Gasteiger partial charge in [0.15, 0.2) is 0 Å². The fraction of sp³-hybridized carbons (Fsp3) is 0.500. The van der Waals surface area contributed by atoms with Crippen LogP contribution in [0.4, 0.5) is 13.2 Å². The molecule has 1 N–H and O–H groups in total. The fourth-order valence-electron chi connectivity index (χ4n) is 1.24. The molecule has 0 fully saturated rings. The van der Waals surface area contributed by atoms with Crippen LogP contribution < -0.4 is 0 Å². The number of hydrogen-bond acceptors (Lipinski definition) is 3. The van der Waals surface area contributed by atoms with Crippen LogP contribution in [0.15, 0.2) is 12.1 Å². The van der Waals surface area contributed by atoms with Crippen molar-refractivity contribution in [3.05, 3.63) is 28.5 Å². The second-order valence-corrected chi connectivity index (χ2v) is 3.73. The first kappa shape index (κ1) is 14.2. The maximum Gasteiger partial charge on any atom is 0.433 e. The summed E-state index contributed by atoms with van der Waals surface area (Å²) >= 11 is 5.60. The van der Waals surface area contributed by atoms with Gasteiger partial charge >= 0.3 is 6.18 Å². The van der Waals surface area contributed by atoms with Gasteiger partial charge in [-0.2, -0.15) is 13.2 Å². The highest BCUT2D eigenvalue weighted by atomic mass is 35.5. The molecule has 1 aromatic heterocycles. The average Bonchev–Trinajstić information content (AvgIpc) is 2.24. The number of rotatable bonds is 4. The summed E-state index contributed by atoms with van der Waals surface area (Å²) in [4.78, 5) is 3.21. The summed E-state index contributed by atoms with van der Waals surface area (Å²) in [5.41, 5.74) is -0.915. The van der Waals surface area contributed by atoms with E-state index < -0.39 is 18.0 Å². The van der Waals surface area contributed by atoms with Crippen molar-refractivity contribution in [2.45, 2.75) is 18.7 Å². The maximum absolute atomic E-state index is 12.3. The lowest BCUT2D eigenvalue weighted by Crippen LogP contribution is -2.10. The predicted molar refractivity (Wildman–Crippen MR) is 55.7 cm³/mol. The van der Waals surface area contributed by atoms with Gasteiger partial charge in [-0.15, -0.1) is 0 Å². The molecule has 0 bridgehead atoms. The Kier molecular flexibility index (Phi) is 4.73. The highest BCUT2D eigenvalue weighted by Gasteiger charge is 2.33. The number of halogens is 4. The normalized spacial score (nSPS) is 13.8. The van der Waals surface area contributed by atoms with Crippen LogP contribution in [0.2, 0.25) is 5.15 Å². The molecule has 0 saturated heterocycles. The first-order valence-electron chi connectivity index (χ1n) is 4.77. The highest BCUT2D eigenvalue weighted by molar-refractivity contribution is 6.30. The van der Waals surface area contributed by atoms with Gasteiger partial charge in [0.1, 0.15) is 10.8 Å². The summed E-state index contributed by atoms with van der Waals surface area (Å²) in [5.74, 6) is 0. The van der Waals surface area contributed by atoms with E-state index in [0.29, 0.717) is 0 Å². The standard InChI is InChI=1S/C10H11ClF3NO2/c1-17-5-4-7(16)6-2-3-8(10(12,13)14)15-9(6)11/h2-3,7,16H,4-5H2,1H3. The number of methoxy groups -OCH3 is 1. The zero-order chi connectivity index (χ0) is 13.1. The quantitative estimate of drug-likeness (QED) is 0.855. The number of hydrogen-bond donors (Lipinski definition) is 1. The molecule has 0 spiro atoms. The second kappa shape index (κ2) is 5.66. The molecule has 1 heterocycles. The van der Waals surface area contributed by atoms with Crippen molar-refractivity contribution in [1.82, 2.24) is 4.98 Å². The summed E-state index contributed by atoms with van der Waals surface area (Å²) < 4.78 is 41.6. The maximum atomic E-state index is 12.3. The fourth-order valence-corrected chi connectivity index (χ4v) is 1.52. The molecular formula is C10H11ClF3NO2. The Morgan fingerprint density at radius 3 is 2.59 bits per heavy atom. The Morgan fingerprint density at radius 1 is 1.47 bits per heavy atom. The Bertz CT molecular complexity index is 384. The summed E-state index contributed by atoms with van der Waals surface area (Å²) in [6.45, 7) is 0.276. The minimum atomic E-state index is -4.54. The molecule has 0 aromatic carbocycles. The van der Waals surface area contributed by atoms with E-state index in [1.165, 1.54) is 7.11 Å². The molecule has 1 atom stereocenters. The van der Waals surface area contributed by atoms with Crippen molar-refractivity contribution < 1.29 is 23.0 Å². The van der Waals surface area contributed by atoms with E-state index >= 15 is 0 Å². The van der Waals surface area contributed by atoms with Gasteiger partial charge in [-0.25, -0.2) is 4.98 Å². The lowest BCUT2D eigenvalue weighted by atomic mass is 10.1. The molecule has 0 aliphatic carbocycles. The zero-order valence-corrected chi connectivity index (χ0v) is 9.72. The number of aliphatic hydroxyl groups excluding tert-OH is 1. The van der Waals surface area contributed by atoms with Crippen LogP contribution in [0.5, 0.6) is 0 Å². The second-order valence-electron chi connectivity index (χ2n) is 3.37. The number of aromatic nitrogens is 1. The Balaban J connectivity index is 2.90. The van der Waals surface area contributed by atoms with Crippen molar-refractivity contribution in [2.24, 2.45) is 0 Å². The van der Waals surface area contributed by atoms with Crippen molar-refractivity contribution in [2.75, 3.05) is 13.7 Å². The molecule has 7 heteroatoms. The van der Waals surface area contributed by atoms with E-state index in [0.717, 1.165) is 12.1 Å². The summed E-state index contributed by atoms with van der Waals surface area (Å²) in [6.07, 6.45) is -5.29. The van der Waals surface area contributed by atoms with E-state index in [1.54, 1.807) is 0 Å². The SMILES string of the molecule is COCCC(O)c1ccc(C(F)(F)F)nc1Cl. The molecule has 0 aliphatic rings. The monoisotopic (exact) mass is 269 g/mol. The van der Waals surface area contributed by atoms with Crippen LogP contribution in [0.25, 0.3) is 0 Å². The molecule has 0 aliphatic heterocycles. The molecule has 0 radical (unpaired) electrons. The third kappa shape index (κ3) is 3.83. The number of alkyl halides is 3. The van der Waals surface area contributed by atoms with Gasteiger partial charge < -0.3 is 9.84 Å². The molecule has 1 rings (SSSR count). The predicted octanol–water partition coefficient (Wildman–Crippen LogP) is 2.82. The Labute approximate surface area is 101 Å². The first-order valence-corrected chi connectivity index (χ1v) is 5.14. The van der Waals surface area contributed by atoms with Gasteiger partial charge in [0.05, 0.1) is 6.10 Å². The molecule has 96 valence electrons.